The zero-order chi connectivity index (χ0) is 14.4. The number of benzene rings is 2. The summed E-state index contributed by atoms with van der Waals surface area (Å²) in [4.78, 5) is 17.2. The van der Waals surface area contributed by atoms with E-state index in [0.717, 1.165) is 21.9 Å². The second-order valence-corrected chi connectivity index (χ2v) is 5.01. The largest absolute Gasteiger partial charge is 0.364 e. The molecule has 2 heterocycles. The number of amides is 1. The Morgan fingerprint density at radius 2 is 1.86 bits per heavy atom. The monoisotopic (exact) mass is 276 g/mol. The van der Waals surface area contributed by atoms with E-state index >= 15 is 0 Å². The van der Waals surface area contributed by atoms with E-state index in [1.54, 1.807) is 12.3 Å². The quantitative estimate of drug-likeness (QED) is 0.869. The topological polar surface area (TPSA) is 52.9 Å². The minimum Gasteiger partial charge on any atom is -0.364 e. The molecule has 102 valence electrons. The lowest BCUT2D eigenvalue weighted by atomic mass is 9.97. The Morgan fingerprint density at radius 3 is 2.76 bits per heavy atom. The molecule has 21 heavy (non-hydrogen) atoms. The van der Waals surface area contributed by atoms with Crippen molar-refractivity contribution in [2.24, 2.45) is 4.99 Å². The van der Waals surface area contributed by atoms with E-state index in [-0.39, 0.29) is 0 Å². The van der Waals surface area contributed by atoms with Crippen molar-refractivity contribution in [3.8, 4) is 0 Å². The maximum Gasteiger partial charge on any atom is 0.284 e. The maximum absolute atomic E-state index is 11.9. The van der Waals surface area contributed by atoms with Gasteiger partial charge in [0.05, 0.1) is 0 Å². The molecule has 1 unspecified atom stereocenters. The Balaban J connectivity index is 1.86. The normalized spacial score (nSPS) is 20.5. The molecule has 0 saturated heterocycles. The molecule has 0 aromatic heterocycles. The molecular formula is C17H12N2O2. The van der Waals surface area contributed by atoms with Gasteiger partial charge in [-0.1, -0.05) is 42.5 Å². The minimum atomic E-state index is -1.28. The Bertz CT molecular complexity index is 843. The summed E-state index contributed by atoms with van der Waals surface area (Å²) in [5.41, 5.74) is 1.98. The van der Waals surface area contributed by atoms with Gasteiger partial charge in [0.15, 0.2) is 0 Å². The molecule has 0 radical (unpaired) electrons. The lowest BCUT2D eigenvalue weighted by Gasteiger charge is -2.18. The summed E-state index contributed by atoms with van der Waals surface area (Å²) in [5, 5.41) is 11.8. The number of nitrogens with zero attached hydrogens (tertiary/aromatic N) is 2. The summed E-state index contributed by atoms with van der Waals surface area (Å²) < 4.78 is 0. The highest BCUT2D eigenvalue weighted by atomic mass is 16.3. The molecule has 0 spiro atoms. The van der Waals surface area contributed by atoms with Crippen LogP contribution in [-0.4, -0.2) is 28.0 Å². The summed E-state index contributed by atoms with van der Waals surface area (Å²) >= 11 is 0. The van der Waals surface area contributed by atoms with Crippen LogP contribution in [0.3, 0.4) is 0 Å². The number of aliphatic imine (C=N–C) groups is 1. The number of carbonyl (C=O) groups excluding carboxylic acids is 1. The van der Waals surface area contributed by atoms with Gasteiger partial charge in [0, 0.05) is 6.20 Å². The van der Waals surface area contributed by atoms with Crippen molar-refractivity contribution in [2.75, 3.05) is 0 Å². The molecule has 2 aromatic rings. The Morgan fingerprint density at radius 1 is 1.05 bits per heavy atom. The highest BCUT2D eigenvalue weighted by Crippen LogP contribution is 2.29. The summed E-state index contributed by atoms with van der Waals surface area (Å²) in [5.74, 6) is 0.0728. The van der Waals surface area contributed by atoms with Crippen molar-refractivity contribution < 1.29 is 9.90 Å². The molecule has 2 aliphatic heterocycles. The fourth-order valence-corrected chi connectivity index (χ4v) is 2.72. The lowest BCUT2D eigenvalue weighted by Crippen LogP contribution is -2.31. The molecule has 2 aliphatic rings. The molecule has 4 rings (SSSR count). The zero-order valence-corrected chi connectivity index (χ0v) is 11.1. The molecule has 0 aliphatic carbocycles. The molecule has 4 nitrogen and oxygen atoms in total. The van der Waals surface area contributed by atoms with Crippen molar-refractivity contribution in [3.05, 3.63) is 66.4 Å². The molecule has 2 aromatic carbocycles. The predicted molar refractivity (Wildman–Crippen MR) is 81.4 cm³/mol. The molecule has 1 amide bonds. The van der Waals surface area contributed by atoms with E-state index in [0.29, 0.717) is 5.84 Å². The third-order valence-corrected chi connectivity index (χ3v) is 3.74. The fourth-order valence-electron chi connectivity index (χ4n) is 2.72. The second-order valence-electron chi connectivity index (χ2n) is 5.01. The second kappa shape index (κ2) is 4.40. The number of rotatable bonds is 1. The first-order valence-corrected chi connectivity index (χ1v) is 6.71. The van der Waals surface area contributed by atoms with Crippen LogP contribution in [0.4, 0.5) is 0 Å². The fraction of sp³-hybridized carbons (Fsp3) is 0.0588. The molecule has 0 fully saturated rings. The summed E-state index contributed by atoms with van der Waals surface area (Å²) in [7, 11) is 0. The highest BCUT2D eigenvalue weighted by Gasteiger charge is 2.32. The number of hydrogen-bond acceptors (Lipinski definition) is 3. The third-order valence-electron chi connectivity index (χ3n) is 3.74. The number of fused-ring (bicyclic) bond motifs is 2. The van der Waals surface area contributed by atoms with Crippen LogP contribution in [0.15, 0.2) is 65.8 Å². The molecule has 1 N–H and O–H groups in total. The van der Waals surface area contributed by atoms with Crippen molar-refractivity contribution in [1.82, 2.24) is 4.90 Å². The van der Waals surface area contributed by atoms with Crippen molar-refractivity contribution >= 4 is 28.1 Å². The van der Waals surface area contributed by atoms with Crippen LogP contribution in [0.25, 0.3) is 16.3 Å². The smallest absolute Gasteiger partial charge is 0.284 e. The van der Waals surface area contributed by atoms with E-state index in [1.165, 1.54) is 4.90 Å². The number of aliphatic hydroxyl groups is 1. The van der Waals surface area contributed by atoms with Crippen molar-refractivity contribution in [1.29, 1.82) is 0 Å². The summed E-state index contributed by atoms with van der Waals surface area (Å²) in [6.07, 6.45) is 4.13. The first kappa shape index (κ1) is 12.1. The van der Waals surface area contributed by atoms with Gasteiger partial charge in [0.25, 0.3) is 5.91 Å². The van der Waals surface area contributed by atoms with Gasteiger partial charge in [0.2, 0.25) is 6.23 Å². The Kier molecular flexibility index (Phi) is 2.52. The average Bonchev–Trinajstić information content (AvgIpc) is 2.81. The number of hydrogen-bond donors (Lipinski definition) is 1. The zero-order valence-electron chi connectivity index (χ0n) is 11.1. The van der Waals surface area contributed by atoms with Gasteiger partial charge >= 0.3 is 0 Å². The number of allylic oxidation sites excluding steroid dienone is 2. The van der Waals surface area contributed by atoms with E-state index in [9.17, 15) is 9.90 Å². The highest BCUT2D eigenvalue weighted by molar-refractivity contribution is 6.14. The van der Waals surface area contributed by atoms with Gasteiger partial charge in [0.1, 0.15) is 5.84 Å². The number of aliphatic hydroxyl groups excluding tert-OH is 1. The van der Waals surface area contributed by atoms with Crippen molar-refractivity contribution in [2.45, 2.75) is 6.23 Å². The van der Waals surface area contributed by atoms with E-state index in [1.807, 2.05) is 30.3 Å². The SMILES string of the molecule is O=C1C(O)N=C2C=CC(c3cccc4ccccc34)=CN12. The first-order chi connectivity index (χ1) is 10.2. The van der Waals surface area contributed by atoms with Crippen LogP contribution < -0.4 is 0 Å². The standard InChI is InChI=1S/C17H12N2O2/c20-16-17(21)19-10-12(8-9-15(19)18-16)14-7-3-5-11-4-1-2-6-13(11)14/h1-10,16,20H. The van der Waals surface area contributed by atoms with Crippen LogP contribution in [0.2, 0.25) is 0 Å². The number of amidine groups is 1. The van der Waals surface area contributed by atoms with Gasteiger partial charge in [-0.15, -0.1) is 0 Å². The first-order valence-electron chi connectivity index (χ1n) is 6.71. The molecule has 4 heteroatoms. The van der Waals surface area contributed by atoms with E-state index in [4.69, 9.17) is 0 Å². The summed E-state index contributed by atoms with van der Waals surface area (Å²) in [6.45, 7) is 0. The van der Waals surface area contributed by atoms with Crippen molar-refractivity contribution in [3.63, 3.8) is 0 Å². The van der Waals surface area contributed by atoms with Crippen LogP contribution in [-0.2, 0) is 4.79 Å². The molecule has 0 bridgehead atoms. The van der Waals surface area contributed by atoms with Gasteiger partial charge in [-0.05, 0) is 34.1 Å². The predicted octanol–water partition coefficient (Wildman–Crippen LogP) is 2.31. The Hall–Kier alpha value is -2.72. The van der Waals surface area contributed by atoms with Crippen LogP contribution in [0.5, 0.6) is 0 Å². The van der Waals surface area contributed by atoms with Crippen LogP contribution in [0.1, 0.15) is 5.56 Å². The van der Waals surface area contributed by atoms with Gasteiger partial charge in [-0.2, -0.15) is 0 Å². The van der Waals surface area contributed by atoms with Gasteiger partial charge < -0.3 is 5.11 Å². The number of carbonyl (C=O) groups is 1. The van der Waals surface area contributed by atoms with E-state index < -0.39 is 12.1 Å². The third kappa shape index (κ3) is 1.80. The molecular weight excluding hydrogens is 264 g/mol. The molecule has 1 atom stereocenters. The lowest BCUT2D eigenvalue weighted by molar-refractivity contribution is -0.131. The maximum atomic E-state index is 11.9. The van der Waals surface area contributed by atoms with Gasteiger partial charge in [-0.3, -0.25) is 9.69 Å². The van der Waals surface area contributed by atoms with Crippen LogP contribution in [0, 0.1) is 0 Å². The average molecular weight is 276 g/mol. The van der Waals surface area contributed by atoms with E-state index in [2.05, 4.69) is 23.2 Å². The molecule has 0 saturated carbocycles. The Labute approximate surface area is 121 Å². The summed E-state index contributed by atoms with van der Waals surface area (Å²) in [6, 6.07) is 14.2. The van der Waals surface area contributed by atoms with Gasteiger partial charge in [-0.25, -0.2) is 4.99 Å². The van der Waals surface area contributed by atoms with Crippen LogP contribution >= 0.6 is 0 Å². The minimum absolute atomic E-state index is 0.410.